The van der Waals surface area contributed by atoms with Crippen LogP contribution in [0.1, 0.15) is 32.8 Å². The molecule has 0 aliphatic heterocycles. The number of rotatable bonds is 12. The number of nitrogens with zero attached hydrogens (tertiary/aromatic N) is 4. The molecule has 35 heavy (non-hydrogen) atoms. The number of nitrogens with one attached hydrogen (secondary N) is 1. The van der Waals surface area contributed by atoms with Crippen molar-refractivity contribution in [2.45, 2.75) is 49.7 Å². The molecule has 1 N–H and O–H groups in total. The molecule has 1 aromatic heterocycles. The first-order chi connectivity index (χ1) is 16.8. The fraction of sp³-hybridized carbons (Fsp3) is 0.400. The topological polar surface area (TPSA) is 97.2 Å². The Morgan fingerprint density at radius 2 is 1.80 bits per heavy atom. The predicted molar refractivity (Wildman–Crippen MR) is 140 cm³/mol. The van der Waals surface area contributed by atoms with Crippen molar-refractivity contribution in [2.75, 3.05) is 18.8 Å². The van der Waals surface area contributed by atoms with Gasteiger partial charge in [0, 0.05) is 31.7 Å². The molecule has 3 aromatic rings. The first kappa shape index (κ1) is 26.9. The molecule has 3 rings (SSSR count). The Morgan fingerprint density at radius 3 is 2.49 bits per heavy atom. The molecule has 0 saturated carbocycles. The number of thioether (sulfide) groups is 1. The van der Waals surface area contributed by atoms with Crippen molar-refractivity contribution in [3.8, 4) is 11.4 Å². The number of hydrogen-bond acceptors (Lipinski definition) is 6. The number of benzene rings is 2. The van der Waals surface area contributed by atoms with Gasteiger partial charge in [-0.05, 0) is 37.5 Å². The Bertz CT molecular complexity index is 1220. The molecule has 0 radical (unpaired) electrons. The number of carbonyl (C=O) groups is 1. The molecule has 0 unspecified atom stereocenters. The van der Waals surface area contributed by atoms with Crippen molar-refractivity contribution in [1.29, 1.82) is 0 Å². The summed E-state index contributed by atoms with van der Waals surface area (Å²) in [5, 5.41) is 12.1. The van der Waals surface area contributed by atoms with Gasteiger partial charge in [0.25, 0.3) is 0 Å². The van der Waals surface area contributed by atoms with Crippen LogP contribution in [0, 0.1) is 0 Å². The minimum Gasteiger partial charge on any atom is -0.353 e. The van der Waals surface area contributed by atoms with Crippen LogP contribution in [0.5, 0.6) is 0 Å². The molecule has 1 heterocycles. The maximum atomic E-state index is 12.9. The molecule has 0 bridgehead atoms. The Morgan fingerprint density at radius 1 is 1.09 bits per heavy atom. The lowest BCUT2D eigenvalue weighted by molar-refractivity contribution is -0.119. The summed E-state index contributed by atoms with van der Waals surface area (Å²) in [5.74, 6) is 0.700. The molecule has 8 nitrogen and oxygen atoms in total. The van der Waals surface area contributed by atoms with Gasteiger partial charge in [-0.1, -0.05) is 68.1 Å². The summed E-state index contributed by atoms with van der Waals surface area (Å²) in [4.78, 5) is 12.7. The van der Waals surface area contributed by atoms with E-state index in [1.54, 1.807) is 28.8 Å². The van der Waals surface area contributed by atoms with E-state index in [1.165, 1.54) is 21.6 Å². The second kappa shape index (κ2) is 12.3. The smallest absolute Gasteiger partial charge is 0.243 e. The zero-order valence-electron chi connectivity index (χ0n) is 20.6. The van der Waals surface area contributed by atoms with E-state index in [2.05, 4.69) is 27.6 Å². The number of carbonyl (C=O) groups excluding carboxylic acids is 1. The SMILES string of the molecule is CCN(CC)S(=O)(=O)c1cccc(-c2nnc(SCC(=O)N[C@H](C)CCc3ccccc3)n2C)c1. The van der Waals surface area contributed by atoms with Gasteiger partial charge in [-0.3, -0.25) is 4.79 Å². The van der Waals surface area contributed by atoms with Crippen molar-refractivity contribution < 1.29 is 13.2 Å². The predicted octanol–water partition coefficient (Wildman–Crippen LogP) is 3.74. The van der Waals surface area contributed by atoms with Crippen molar-refractivity contribution in [1.82, 2.24) is 24.4 Å². The molecular weight excluding hydrogens is 482 g/mol. The van der Waals surface area contributed by atoms with E-state index in [1.807, 2.05) is 46.0 Å². The van der Waals surface area contributed by atoms with Gasteiger partial charge in [-0.2, -0.15) is 4.31 Å². The van der Waals surface area contributed by atoms with Crippen LogP contribution in [0.4, 0.5) is 0 Å². The molecule has 0 aliphatic carbocycles. The number of amides is 1. The number of aromatic nitrogens is 3. The summed E-state index contributed by atoms with van der Waals surface area (Å²) in [6.07, 6.45) is 1.77. The molecule has 0 fully saturated rings. The van der Waals surface area contributed by atoms with Crippen LogP contribution in [0.25, 0.3) is 11.4 Å². The first-order valence-corrected chi connectivity index (χ1v) is 14.1. The highest BCUT2D eigenvalue weighted by molar-refractivity contribution is 7.99. The van der Waals surface area contributed by atoms with Gasteiger partial charge in [0.05, 0.1) is 10.6 Å². The Hall–Kier alpha value is -2.69. The monoisotopic (exact) mass is 515 g/mol. The lowest BCUT2D eigenvalue weighted by atomic mass is 10.1. The quantitative estimate of drug-likeness (QED) is 0.369. The van der Waals surface area contributed by atoms with Crippen LogP contribution >= 0.6 is 11.8 Å². The second-order valence-electron chi connectivity index (χ2n) is 8.26. The van der Waals surface area contributed by atoms with E-state index in [0.717, 1.165) is 12.8 Å². The summed E-state index contributed by atoms with van der Waals surface area (Å²) in [6, 6.07) is 17.0. The lowest BCUT2D eigenvalue weighted by Gasteiger charge is -2.18. The zero-order chi connectivity index (χ0) is 25.4. The highest BCUT2D eigenvalue weighted by Crippen LogP contribution is 2.26. The molecule has 0 spiro atoms. The van der Waals surface area contributed by atoms with Gasteiger partial charge in [-0.15, -0.1) is 10.2 Å². The lowest BCUT2D eigenvalue weighted by Crippen LogP contribution is -2.34. The molecule has 0 saturated heterocycles. The number of aryl methyl sites for hydroxylation is 1. The van der Waals surface area contributed by atoms with Gasteiger partial charge < -0.3 is 9.88 Å². The molecule has 1 amide bonds. The van der Waals surface area contributed by atoms with Crippen molar-refractivity contribution in [2.24, 2.45) is 7.05 Å². The Labute approximate surface area is 212 Å². The highest BCUT2D eigenvalue weighted by Gasteiger charge is 2.23. The summed E-state index contributed by atoms with van der Waals surface area (Å²) in [5.41, 5.74) is 1.91. The third kappa shape index (κ3) is 6.93. The minimum absolute atomic E-state index is 0.0626. The second-order valence-corrected chi connectivity index (χ2v) is 11.1. The van der Waals surface area contributed by atoms with E-state index < -0.39 is 10.0 Å². The normalized spacial score (nSPS) is 12.6. The number of sulfonamides is 1. The summed E-state index contributed by atoms with van der Waals surface area (Å²) in [7, 11) is -1.77. The fourth-order valence-corrected chi connectivity index (χ4v) is 5.97. The summed E-state index contributed by atoms with van der Waals surface area (Å²) >= 11 is 1.30. The van der Waals surface area contributed by atoms with Crippen molar-refractivity contribution >= 4 is 27.7 Å². The third-order valence-corrected chi connectivity index (χ3v) is 8.79. The fourth-order valence-electron chi connectivity index (χ4n) is 3.75. The van der Waals surface area contributed by atoms with E-state index >= 15 is 0 Å². The molecule has 10 heteroatoms. The maximum absolute atomic E-state index is 12.9. The van der Waals surface area contributed by atoms with Crippen LogP contribution in [0.2, 0.25) is 0 Å². The van der Waals surface area contributed by atoms with Crippen LogP contribution in [0.3, 0.4) is 0 Å². The third-order valence-electron chi connectivity index (χ3n) is 5.72. The largest absolute Gasteiger partial charge is 0.353 e. The first-order valence-electron chi connectivity index (χ1n) is 11.7. The minimum atomic E-state index is -3.58. The van der Waals surface area contributed by atoms with Gasteiger partial charge in [0.15, 0.2) is 11.0 Å². The molecule has 0 aliphatic rings. The van der Waals surface area contributed by atoms with Gasteiger partial charge in [0.2, 0.25) is 15.9 Å². The molecule has 188 valence electrons. The Balaban J connectivity index is 1.61. The van der Waals surface area contributed by atoms with Gasteiger partial charge in [0.1, 0.15) is 0 Å². The maximum Gasteiger partial charge on any atom is 0.243 e. The van der Waals surface area contributed by atoms with Crippen LogP contribution in [-0.2, 0) is 28.3 Å². The van der Waals surface area contributed by atoms with Crippen molar-refractivity contribution in [3.05, 3.63) is 60.2 Å². The highest BCUT2D eigenvalue weighted by atomic mass is 32.2. The van der Waals surface area contributed by atoms with E-state index in [-0.39, 0.29) is 22.6 Å². The average molecular weight is 516 g/mol. The summed E-state index contributed by atoms with van der Waals surface area (Å²) < 4.78 is 29.0. The van der Waals surface area contributed by atoms with Gasteiger partial charge >= 0.3 is 0 Å². The molecule has 1 atom stereocenters. The van der Waals surface area contributed by atoms with E-state index in [0.29, 0.717) is 29.6 Å². The van der Waals surface area contributed by atoms with Crippen LogP contribution in [0.15, 0.2) is 64.6 Å². The van der Waals surface area contributed by atoms with Crippen LogP contribution < -0.4 is 5.32 Å². The average Bonchev–Trinajstić information content (AvgIpc) is 3.23. The summed E-state index contributed by atoms with van der Waals surface area (Å²) in [6.45, 7) is 6.45. The Kier molecular flexibility index (Phi) is 9.47. The van der Waals surface area contributed by atoms with Gasteiger partial charge in [-0.25, -0.2) is 8.42 Å². The van der Waals surface area contributed by atoms with Crippen LogP contribution in [-0.4, -0.2) is 58.3 Å². The van der Waals surface area contributed by atoms with E-state index in [4.69, 9.17) is 0 Å². The zero-order valence-corrected chi connectivity index (χ0v) is 22.3. The van der Waals surface area contributed by atoms with Crippen molar-refractivity contribution in [3.63, 3.8) is 0 Å². The standard InChI is InChI=1S/C25H33N5O3S2/c1-5-30(6-2)35(32,33)22-14-10-13-21(17-22)24-27-28-25(29(24)4)34-18-23(31)26-19(3)15-16-20-11-8-7-9-12-20/h7-14,17,19H,5-6,15-16,18H2,1-4H3,(H,26,31)/t19-/m1/s1. The molecule has 2 aromatic carbocycles. The molecular formula is C25H33N5O3S2. The number of hydrogen-bond donors (Lipinski definition) is 1. The van der Waals surface area contributed by atoms with E-state index in [9.17, 15) is 13.2 Å².